The second kappa shape index (κ2) is 5.69. The molecule has 4 heteroatoms. The Kier molecular flexibility index (Phi) is 3.76. The molecule has 1 heterocycles. The number of nitrogens with two attached hydrogens (primary N) is 1. The second-order valence-corrected chi connectivity index (χ2v) is 5.49. The zero-order valence-corrected chi connectivity index (χ0v) is 12.5. The highest BCUT2D eigenvalue weighted by atomic mass is 79.9. The van der Waals surface area contributed by atoms with E-state index >= 15 is 0 Å². The van der Waals surface area contributed by atoms with Crippen LogP contribution in [0.5, 0.6) is 0 Å². The van der Waals surface area contributed by atoms with Gasteiger partial charge in [0.25, 0.3) is 0 Å². The van der Waals surface area contributed by atoms with E-state index in [4.69, 9.17) is 10.7 Å². The highest BCUT2D eigenvalue weighted by Crippen LogP contribution is 2.28. The van der Waals surface area contributed by atoms with Crippen LogP contribution in [-0.2, 0) is 0 Å². The number of rotatable bonds is 2. The van der Waals surface area contributed by atoms with Gasteiger partial charge in [-0.3, -0.25) is 9.98 Å². The Morgan fingerprint density at radius 3 is 2.65 bits per heavy atom. The number of benzene rings is 2. The first kappa shape index (κ1) is 13.2. The standard InChI is InChI=1S/C16H14BrN3/c17-12-6-7-15-14(8-12)16(11-4-2-1-3-5-11)19-10-13(9-18)20-15/h1-8H,9-10,18H2. The minimum Gasteiger partial charge on any atom is -0.325 e. The topological polar surface area (TPSA) is 50.7 Å². The number of fused-ring (bicyclic) bond motifs is 1. The zero-order chi connectivity index (χ0) is 13.9. The first-order chi connectivity index (χ1) is 9.78. The molecular formula is C16H14BrN3. The van der Waals surface area contributed by atoms with Crippen molar-refractivity contribution in [3.05, 3.63) is 64.1 Å². The maximum Gasteiger partial charge on any atom is 0.0793 e. The van der Waals surface area contributed by atoms with Crippen LogP contribution < -0.4 is 5.73 Å². The molecular weight excluding hydrogens is 314 g/mol. The van der Waals surface area contributed by atoms with Gasteiger partial charge in [0.2, 0.25) is 0 Å². The molecule has 3 nitrogen and oxygen atoms in total. The van der Waals surface area contributed by atoms with Crippen molar-refractivity contribution in [3.63, 3.8) is 0 Å². The highest BCUT2D eigenvalue weighted by Gasteiger charge is 2.15. The van der Waals surface area contributed by atoms with Gasteiger partial charge in [-0.05, 0) is 18.2 Å². The van der Waals surface area contributed by atoms with Gasteiger partial charge in [-0.2, -0.15) is 0 Å². The Bertz CT molecular complexity index is 690. The van der Waals surface area contributed by atoms with Crippen LogP contribution in [0, 0.1) is 0 Å². The van der Waals surface area contributed by atoms with Crippen LogP contribution in [0.15, 0.2) is 63.0 Å². The molecule has 0 saturated heterocycles. The van der Waals surface area contributed by atoms with Gasteiger partial charge >= 0.3 is 0 Å². The van der Waals surface area contributed by atoms with Gasteiger partial charge in [0.1, 0.15) is 0 Å². The van der Waals surface area contributed by atoms with Crippen molar-refractivity contribution in [1.82, 2.24) is 0 Å². The smallest absolute Gasteiger partial charge is 0.0793 e. The third kappa shape index (κ3) is 2.57. The van der Waals surface area contributed by atoms with Crippen LogP contribution in [0.25, 0.3) is 0 Å². The van der Waals surface area contributed by atoms with E-state index in [1.54, 1.807) is 0 Å². The summed E-state index contributed by atoms with van der Waals surface area (Å²) in [4.78, 5) is 9.34. The minimum absolute atomic E-state index is 0.432. The monoisotopic (exact) mass is 327 g/mol. The van der Waals surface area contributed by atoms with Gasteiger partial charge in [-0.15, -0.1) is 0 Å². The van der Waals surface area contributed by atoms with Crippen LogP contribution >= 0.6 is 15.9 Å². The number of halogens is 1. The van der Waals surface area contributed by atoms with Gasteiger partial charge in [0, 0.05) is 22.1 Å². The van der Waals surface area contributed by atoms with Gasteiger partial charge in [0.15, 0.2) is 0 Å². The quantitative estimate of drug-likeness (QED) is 0.903. The number of hydrogen-bond donors (Lipinski definition) is 1. The van der Waals surface area contributed by atoms with E-state index in [0.717, 1.165) is 32.7 Å². The van der Waals surface area contributed by atoms with Crippen molar-refractivity contribution < 1.29 is 0 Å². The molecule has 2 aromatic carbocycles. The average Bonchev–Trinajstić information content (AvgIpc) is 2.67. The third-order valence-electron chi connectivity index (χ3n) is 3.19. The predicted molar refractivity (Wildman–Crippen MR) is 87.2 cm³/mol. The summed E-state index contributed by atoms with van der Waals surface area (Å²) in [5, 5.41) is 0. The van der Waals surface area contributed by atoms with Crippen molar-refractivity contribution in [2.45, 2.75) is 0 Å². The van der Waals surface area contributed by atoms with Gasteiger partial charge in [0.05, 0.1) is 23.7 Å². The van der Waals surface area contributed by atoms with Crippen LogP contribution in [0.2, 0.25) is 0 Å². The lowest BCUT2D eigenvalue weighted by Gasteiger charge is -2.08. The fraction of sp³-hybridized carbons (Fsp3) is 0.125. The molecule has 0 aromatic heterocycles. The lowest BCUT2D eigenvalue weighted by Crippen LogP contribution is -2.16. The zero-order valence-electron chi connectivity index (χ0n) is 10.9. The molecule has 20 heavy (non-hydrogen) atoms. The summed E-state index contributed by atoms with van der Waals surface area (Å²) in [6.45, 7) is 0.980. The molecule has 2 N–H and O–H groups in total. The van der Waals surface area contributed by atoms with Gasteiger partial charge in [-0.25, -0.2) is 0 Å². The molecule has 0 bridgehead atoms. The summed E-state index contributed by atoms with van der Waals surface area (Å²) in [5.74, 6) is 0. The van der Waals surface area contributed by atoms with Crippen molar-refractivity contribution >= 4 is 33.0 Å². The van der Waals surface area contributed by atoms with E-state index in [9.17, 15) is 0 Å². The Morgan fingerprint density at radius 1 is 1.10 bits per heavy atom. The van der Waals surface area contributed by atoms with E-state index in [-0.39, 0.29) is 0 Å². The number of hydrogen-bond acceptors (Lipinski definition) is 3. The Balaban J connectivity index is 2.19. The minimum atomic E-state index is 0.432. The SMILES string of the molecule is NCC1=Nc2ccc(Br)cc2C(c2ccccc2)=NC1. The molecule has 0 aliphatic carbocycles. The largest absolute Gasteiger partial charge is 0.325 e. The van der Waals surface area contributed by atoms with Crippen molar-refractivity contribution in [2.24, 2.45) is 15.7 Å². The van der Waals surface area contributed by atoms with Crippen molar-refractivity contribution in [3.8, 4) is 0 Å². The summed E-state index contributed by atoms with van der Waals surface area (Å²) in [7, 11) is 0. The molecule has 0 atom stereocenters. The van der Waals surface area contributed by atoms with E-state index in [0.29, 0.717) is 13.1 Å². The molecule has 0 amide bonds. The Morgan fingerprint density at radius 2 is 1.90 bits per heavy atom. The molecule has 0 radical (unpaired) electrons. The maximum atomic E-state index is 5.73. The fourth-order valence-electron chi connectivity index (χ4n) is 2.21. The van der Waals surface area contributed by atoms with Crippen LogP contribution in [0.1, 0.15) is 11.1 Å². The van der Waals surface area contributed by atoms with Crippen LogP contribution in [-0.4, -0.2) is 24.5 Å². The van der Waals surface area contributed by atoms with Crippen LogP contribution in [0.4, 0.5) is 5.69 Å². The highest BCUT2D eigenvalue weighted by molar-refractivity contribution is 9.10. The summed E-state index contributed by atoms with van der Waals surface area (Å²) in [6.07, 6.45) is 0. The van der Waals surface area contributed by atoms with Crippen molar-refractivity contribution in [2.75, 3.05) is 13.1 Å². The normalized spacial score (nSPS) is 14.1. The molecule has 3 rings (SSSR count). The molecule has 0 saturated carbocycles. The molecule has 0 unspecified atom stereocenters. The molecule has 1 aliphatic heterocycles. The number of aliphatic imine (C=N–C) groups is 2. The van der Waals surface area contributed by atoms with Gasteiger partial charge < -0.3 is 5.73 Å². The number of nitrogens with zero attached hydrogens (tertiary/aromatic N) is 2. The Hall–Kier alpha value is -1.78. The summed E-state index contributed by atoms with van der Waals surface area (Å²) < 4.78 is 1.02. The van der Waals surface area contributed by atoms with Crippen LogP contribution in [0.3, 0.4) is 0 Å². The molecule has 0 fully saturated rings. The summed E-state index contributed by atoms with van der Waals surface area (Å²) in [6, 6.07) is 16.2. The molecule has 0 spiro atoms. The predicted octanol–water partition coefficient (Wildman–Crippen LogP) is 3.33. The average molecular weight is 328 g/mol. The first-order valence-corrected chi connectivity index (χ1v) is 7.23. The van der Waals surface area contributed by atoms with E-state index in [1.165, 1.54) is 0 Å². The van der Waals surface area contributed by atoms with E-state index < -0.39 is 0 Å². The van der Waals surface area contributed by atoms with E-state index in [2.05, 4.69) is 39.1 Å². The summed E-state index contributed by atoms with van der Waals surface area (Å²) >= 11 is 3.52. The molecule has 2 aromatic rings. The van der Waals surface area contributed by atoms with Gasteiger partial charge in [-0.1, -0.05) is 46.3 Å². The second-order valence-electron chi connectivity index (χ2n) is 4.57. The third-order valence-corrected chi connectivity index (χ3v) is 3.69. The first-order valence-electron chi connectivity index (χ1n) is 6.44. The lowest BCUT2D eigenvalue weighted by atomic mass is 10.0. The Labute approximate surface area is 126 Å². The molecule has 1 aliphatic rings. The van der Waals surface area contributed by atoms with E-state index in [1.807, 2.05) is 30.3 Å². The fourth-order valence-corrected chi connectivity index (χ4v) is 2.57. The van der Waals surface area contributed by atoms with Crippen molar-refractivity contribution in [1.29, 1.82) is 0 Å². The molecule has 100 valence electrons. The lowest BCUT2D eigenvalue weighted by molar-refractivity contribution is 1.20. The summed E-state index contributed by atoms with van der Waals surface area (Å²) in [5.41, 5.74) is 10.7. The maximum absolute atomic E-state index is 5.73.